The Morgan fingerprint density at radius 1 is 0.958 bits per heavy atom. The first-order valence-electron chi connectivity index (χ1n) is 7.78. The van der Waals surface area contributed by atoms with E-state index in [0.29, 0.717) is 5.69 Å². The zero-order chi connectivity index (χ0) is 16.9. The van der Waals surface area contributed by atoms with Crippen molar-refractivity contribution in [1.29, 1.82) is 0 Å². The van der Waals surface area contributed by atoms with E-state index in [4.69, 9.17) is 0 Å². The lowest BCUT2D eigenvalue weighted by molar-refractivity contribution is 0.630. The molecule has 0 radical (unpaired) electrons. The third-order valence-corrected chi connectivity index (χ3v) is 3.90. The Hall–Kier alpha value is -3.14. The maximum Gasteiger partial charge on any atom is 0.297 e. The third kappa shape index (κ3) is 3.13. The summed E-state index contributed by atoms with van der Waals surface area (Å²) in [5, 5.41) is 0. The van der Waals surface area contributed by atoms with Crippen LogP contribution in [0, 0.1) is 6.92 Å². The molecule has 0 N–H and O–H groups in total. The Labute approximate surface area is 141 Å². The first kappa shape index (κ1) is 15.7. The third-order valence-electron chi connectivity index (χ3n) is 3.90. The second kappa shape index (κ2) is 6.96. The van der Waals surface area contributed by atoms with Crippen molar-refractivity contribution in [1.82, 2.24) is 9.36 Å². The molecule has 24 heavy (non-hydrogen) atoms. The van der Waals surface area contributed by atoms with Gasteiger partial charge in [-0.05, 0) is 30.7 Å². The highest BCUT2D eigenvalue weighted by atomic mass is 16.1. The van der Waals surface area contributed by atoms with Gasteiger partial charge >= 0.3 is 0 Å². The van der Waals surface area contributed by atoms with Crippen LogP contribution in [0.4, 0.5) is 5.69 Å². The van der Waals surface area contributed by atoms with Crippen LogP contribution in [0.2, 0.25) is 0 Å². The Morgan fingerprint density at radius 3 is 2.25 bits per heavy atom. The molecule has 4 heteroatoms. The van der Waals surface area contributed by atoms with E-state index in [9.17, 15) is 4.79 Å². The summed E-state index contributed by atoms with van der Waals surface area (Å²) in [7, 11) is 1.86. The Kier molecular flexibility index (Phi) is 4.57. The van der Waals surface area contributed by atoms with Crippen LogP contribution in [0.25, 0.3) is 11.8 Å². The number of para-hydroxylation sites is 1. The number of hydrogen-bond donors (Lipinski definition) is 0. The minimum atomic E-state index is -0.120. The second-order valence-corrected chi connectivity index (χ2v) is 5.46. The van der Waals surface area contributed by atoms with Gasteiger partial charge in [0, 0.05) is 13.3 Å². The van der Waals surface area contributed by atoms with Crippen molar-refractivity contribution in [3.05, 3.63) is 88.4 Å². The van der Waals surface area contributed by atoms with Gasteiger partial charge in [-0.1, -0.05) is 54.6 Å². The Balaban J connectivity index is 1.91. The molecular formula is C20H19N3O. The zero-order valence-electron chi connectivity index (χ0n) is 13.8. The molecule has 3 rings (SSSR count). The molecule has 0 unspecified atom stereocenters. The number of rotatable bonds is 4. The van der Waals surface area contributed by atoms with Crippen LogP contribution >= 0.6 is 0 Å². The Bertz CT molecular complexity index is 932. The van der Waals surface area contributed by atoms with Gasteiger partial charge in [-0.2, -0.15) is 0 Å². The van der Waals surface area contributed by atoms with Crippen LogP contribution in [-0.2, 0) is 7.05 Å². The summed E-state index contributed by atoms with van der Waals surface area (Å²) in [6.45, 7) is 1.90. The lowest BCUT2D eigenvalue weighted by atomic mass is 10.2. The molecule has 0 aliphatic rings. The van der Waals surface area contributed by atoms with E-state index in [2.05, 4.69) is 4.99 Å². The molecule has 0 saturated carbocycles. The fourth-order valence-corrected chi connectivity index (χ4v) is 2.54. The molecule has 1 heterocycles. The molecule has 1 aromatic heterocycles. The highest BCUT2D eigenvalue weighted by Crippen LogP contribution is 2.16. The van der Waals surface area contributed by atoms with Gasteiger partial charge in [0.05, 0.1) is 11.4 Å². The number of allylic oxidation sites excluding steroid dienone is 1. The molecule has 0 fully saturated rings. The Morgan fingerprint density at radius 2 is 1.58 bits per heavy atom. The van der Waals surface area contributed by atoms with Gasteiger partial charge in [-0.25, -0.2) is 9.67 Å². The highest BCUT2D eigenvalue weighted by Gasteiger charge is 2.14. The number of hydrogen-bond acceptors (Lipinski definition) is 2. The van der Waals surface area contributed by atoms with E-state index < -0.39 is 0 Å². The monoisotopic (exact) mass is 317 g/mol. The van der Waals surface area contributed by atoms with Crippen LogP contribution in [0.5, 0.6) is 0 Å². The van der Waals surface area contributed by atoms with Gasteiger partial charge in [0.25, 0.3) is 5.56 Å². The number of aliphatic imine (C=N–C) groups is 1. The minimum absolute atomic E-state index is 0.120. The van der Waals surface area contributed by atoms with E-state index in [-0.39, 0.29) is 5.56 Å². The van der Waals surface area contributed by atoms with Crippen molar-refractivity contribution >= 4 is 18.0 Å². The largest absolute Gasteiger partial charge is 0.297 e. The number of aromatic nitrogens is 2. The molecule has 0 spiro atoms. The minimum Gasteiger partial charge on any atom is -0.283 e. The summed E-state index contributed by atoms with van der Waals surface area (Å²) in [5.41, 5.74) is 3.09. The zero-order valence-corrected chi connectivity index (χ0v) is 13.8. The SMILES string of the molecule is Cc1c(N=C/C=C\c2ccccc2)c(=O)n(-c2ccccc2)n1C. The van der Waals surface area contributed by atoms with Gasteiger partial charge in [0.1, 0.15) is 0 Å². The molecule has 3 aromatic rings. The molecule has 120 valence electrons. The lowest BCUT2D eigenvalue weighted by Gasteiger charge is -2.07. The normalized spacial score (nSPS) is 11.6. The first-order valence-corrected chi connectivity index (χ1v) is 7.78. The maximum atomic E-state index is 12.7. The molecule has 0 saturated heterocycles. The van der Waals surface area contributed by atoms with E-state index in [1.54, 1.807) is 10.9 Å². The summed E-state index contributed by atoms with van der Waals surface area (Å²) < 4.78 is 3.45. The fourth-order valence-electron chi connectivity index (χ4n) is 2.54. The van der Waals surface area contributed by atoms with Crippen LogP contribution in [0.1, 0.15) is 11.3 Å². The summed E-state index contributed by atoms with van der Waals surface area (Å²) in [6.07, 6.45) is 5.46. The summed E-state index contributed by atoms with van der Waals surface area (Å²) in [6, 6.07) is 19.5. The second-order valence-electron chi connectivity index (χ2n) is 5.46. The van der Waals surface area contributed by atoms with Crippen LogP contribution < -0.4 is 5.56 Å². The van der Waals surface area contributed by atoms with Gasteiger partial charge in [0.15, 0.2) is 5.69 Å². The van der Waals surface area contributed by atoms with E-state index in [0.717, 1.165) is 16.9 Å². The summed E-state index contributed by atoms with van der Waals surface area (Å²) in [5.74, 6) is 0. The molecule has 0 aliphatic heterocycles. The number of benzene rings is 2. The van der Waals surface area contributed by atoms with Crippen molar-refractivity contribution < 1.29 is 0 Å². The molecule has 0 bridgehead atoms. The maximum absolute atomic E-state index is 12.7. The van der Waals surface area contributed by atoms with Gasteiger partial charge < -0.3 is 0 Å². The van der Waals surface area contributed by atoms with Crippen molar-refractivity contribution in [2.75, 3.05) is 0 Å². The average molecular weight is 317 g/mol. The standard InChI is InChI=1S/C20H19N3O/c1-16-19(21-15-9-12-17-10-5-3-6-11-17)20(24)23(22(16)2)18-13-7-4-8-14-18/h3-15H,1-2H3/b12-9-,21-15?. The topological polar surface area (TPSA) is 39.3 Å². The molecule has 2 aromatic carbocycles. The van der Waals surface area contributed by atoms with E-state index in [1.807, 2.05) is 91.5 Å². The molecular weight excluding hydrogens is 298 g/mol. The quantitative estimate of drug-likeness (QED) is 0.673. The predicted octanol–water partition coefficient (Wildman–Crippen LogP) is 3.90. The molecule has 0 aliphatic carbocycles. The molecule has 0 atom stereocenters. The predicted molar refractivity (Wildman–Crippen MR) is 99.4 cm³/mol. The average Bonchev–Trinajstić information content (AvgIpc) is 2.83. The van der Waals surface area contributed by atoms with Crippen LogP contribution in [-0.4, -0.2) is 15.6 Å². The highest BCUT2D eigenvalue weighted by molar-refractivity contribution is 5.80. The molecule has 0 amide bonds. The van der Waals surface area contributed by atoms with E-state index in [1.165, 1.54) is 0 Å². The van der Waals surface area contributed by atoms with Crippen molar-refractivity contribution in [3.8, 4) is 5.69 Å². The van der Waals surface area contributed by atoms with Gasteiger partial charge in [0.2, 0.25) is 0 Å². The smallest absolute Gasteiger partial charge is 0.283 e. The fraction of sp³-hybridized carbons (Fsp3) is 0.100. The van der Waals surface area contributed by atoms with Crippen molar-refractivity contribution in [2.24, 2.45) is 12.0 Å². The number of nitrogens with zero attached hydrogens (tertiary/aromatic N) is 3. The van der Waals surface area contributed by atoms with Crippen molar-refractivity contribution in [3.63, 3.8) is 0 Å². The van der Waals surface area contributed by atoms with Crippen molar-refractivity contribution in [2.45, 2.75) is 6.92 Å². The first-order chi connectivity index (χ1) is 11.7. The van der Waals surface area contributed by atoms with E-state index >= 15 is 0 Å². The lowest BCUT2D eigenvalue weighted by Crippen LogP contribution is -2.19. The summed E-state index contributed by atoms with van der Waals surface area (Å²) >= 11 is 0. The van der Waals surface area contributed by atoms with Crippen LogP contribution in [0.15, 0.2) is 76.5 Å². The molecule has 4 nitrogen and oxygen atoms in total. The van der Waals surface area contributed by atoms with Gasteiger partial charge in [-0.3, -0.25) is 9.48 Å². The summed E-state index contributed by atoms with van der Waals surface area (Å²) in [4.78, 5) is 17.0. The van der Waals surface area contributed by atoms with Crippen LogP contribution in [0.3, 0.4) is 0 Å². The van der Waals surface area contributed by atoms with Gasteiger partial charge in [-0.15, -0.1) is 0 Å².